The standard InChI is InChI=1S/C50H94NO8P/c1-6-8-10-12-14-16-18-20-22-24-25-27-28-30-32-34-36-38-40-42-49(52)56-46-48(47-58-60(54,55)57-45-44-51(3,4)5)59-50(53)43-41-39-37-35-33-31-29-26-23-21-19-17-15-13-11-9-7-2/h9,11,15,17,21,23,48H,6-8,10,12-14,16,18-20,22,24-47H2,1-5H3/p+1/b11-9-,17-15-,23-21-. The highest BCUT2D eigenvalue weighted by Gasteiger charge is 2.27. The number of unbranched alkanes of at least 4 members (excludes halogenated alkanes) is 25. The second kappa shape index (κ2) is 42.5. The summed E-state index contributed by atoms with van der Waals surface area (Å²) in [5.41, 5.74) is 0. The highest BCUT2D eigenvalue weighted by Crippen LogP contribution is 2.43. The molecule has 10 heteroatoms. The number of phosphoric ester groups is 1. The number of rotatable bonds is 45. The minimum Gasteiger partial charge on any atom is -0.462 e. The topological polar surface area (TPSA) is 108 Å². The van der Waals surface area contributed by atoms with E-state index in [1.54, 1.807) is 0 Å². The van der Waals surface area contributed by atoms with E-state index in [0.717, 1.165) is 64.2 Å². The van der Waals surface area contributed by atoms with Gasteiger partial charge in [-0.2, -0.15) is 0 Å². The molecule has 0 fully saturated rings. The SMILES string of the molecule is CC/C=C\C/C=C\C/C=C\CCCCCCCCCC(=O)OC(COC(=O)CCCCCCCCCCCCCCCCCCCCC)COP(=O)(O)OCC[N+](C)(C)C. The molecule has 9 nitrogen and oxygen atoms in total. The Morgan fingerprint density at radius 2 is 0.950 bits per heavy atom. The van der Waals surface area contributed by atoms with Crippen LogP contribution in [0.3, 0.4) is 0 Å². The fourth-order valence-electron chi connectivity index (χ4n) is 6.85. The maximum absolute atomic E-state index is 12.7. The van der Waals surface area contributed by atoms with E-state index in [0.29, 0.717) is 23.9 Å². The van der Waals surface area contributed by atoms with Gasteiger partial charge in [0.15, 0.2) is 6.10 Å². The summed E-state index contributed by atoms with van der Waals surface area (Å²) in [6.07, 6.45) is 49.1. The molecule has 0 aliphatic carbocycles. The van der Waals surface area contributed by atoms with Crippen molar-refractivity contribution in [2.75, 3.05) is 47.5 Å². The van der Waals surface area contributed by atoms with Crippen molar-refractivity contribution in [2.24, 2.45) is 0 Å². The number of nitrogens with zero attached hydrogens (tertiary/aromatic N) is 1. The van der Waals surface area contributed by atoms with Crippen LogP contribution in [-0.4, -0.2) is 74.9 Å². The molecule has 0 radical (unpaired) electrons. The zero-order valence-corrected chi connectivity index (χ0v) is 40.6. The van der Waals surface area contributed by atoms with Crippen LogP contribution in [0.4, 0.5) is 0 Å². The Bertz CT molecular complexity index is 1120. The Balaban J connectivity index is 4.26. The first-order valence-corrected chi connectivity index (χ1v) is 26.2. The highest BCUT2D eigenvalue weighted by molar-refractivity contribution is 7.47. The van der Waals surface area contributed by atoms with Crippen molar-refractivity contribution >= 4 is 19.8 Å². The lowest BCUT2D eigenvalue weighted by Gasteiger charge is -2.24. The molecule has 0 bridgehead atoms. The van der Waals surface area contributed by atoms with Crippen molar-refractivity contribution in [2.45, 2.75) is 225 Å². The summed E-state index contributed by atoms with van der Waals surface area (Å²) in [4.78, 5) is 35.5. The normalized spacial score (nSPS) is 13.8. The summed E-state index contributed by atoms with van der Waals surface area (Å²) in [6.45, 7) is 4.33. The van der Waals surface area contributed by atoms with Crippen LogP contribution < -0.4 is 0 Å². The third-order valence-corrected chi connectivity index (χ3v) is 11.7. The second-order valence-electron chi connectivity index (χ2n) is 17.8. The molecule has 0 saturated heterocycles. The molecule has 0 aliphatic rings. The van der Waals surface area contributed by atoms with Crippen molar-refractivity contribution in [1.29, 1.82) is 0 Å². The van der Waals surface area contributed by atoms with Crippen molar-refractivity contribution in [3.63, 3.8) is 0 Å². The largest absolute Gasteiger partial charge is 0.472 e. The van der Waals surface area contributed by atoms with Gasteiger partial charge in [0, 0.05) is 12.8 Å². The molecule has 2 atom stereocenters. The molecule has 2 unspecified atom stereocenters. The van der Waals surface area contributed by atoms with Crippen molar-refractivity contribution < 1.29 is 42.1 Å². The third kappa shape index (κ3) is 45.7. The smallest absolute Gasteiger partial charge is 0.462 e. The third-order valence-electron chi connectivity index (χ3n) is 10.7. The molecule has 0 spiro atoms. The van der Waals surface area contributed by atoms with Crippen LogP contribution in [0.15, 0.2) is 36.5 Å². The predicted octanol–water partition coefficient (Wildman–Crippen LogP) is 14.5. The van der Waals surface area contributed by atoms with Crippen molar-refractivity contribution in [3.05, 3.63) is 36.5 Å². The lowest BCUT2D eigenvalue weighted by molar-refractivity contribution is -0.870. The van der Waals surface area contributed by atoms with E-state index in [-0.39, 0.29) is 25.6 Å². The molecule has 0 aliphatic heterocycles. The van der Waals surface area contributed by atoms with E-state index < -0.39 is 26.5 Å². The number of allylic oxidation sites excluding steroid dienone is 6. The first kappa shape index (κ1) is 58.2. The molecular formula is C50H95NO8P+. The summed E-state index contributed by atoms with van der Waals surface area (Å²) in [5.74, 6) is -0.801. The summed E-state index contributed by atoms with van der Waals surface area (Å²) in [5, 5.41) is 0. The lowest BCUT2D eigenvalue weighted by Crippen LogP contribution is -2.37. The number of ether oxygens (including phenoxy) is 2. The quantitative estimate of drug-likeness (QED) is 0.0212. The van der Waals surface area contributed by atoms with Gasteiger partial charge in [0.25, 0.3) is 0 Å². The minimum atomic E-state index is -4.38. The van der Waals surface area contributed by atoms with E-state index in [1.165, 1.54) is 122 Å². The number of quaternary nitrogens is 1. The molecule has 0 aromatic rings. The fraction of sp³-hybridized carbons (Fsp3) is 0.840. The van der Waals surface area contributed by atoms with Crippen LogP contribution in [0.2, 0.25) is 0 Å². The molecule has 0 aromatic carbocycles. The number of hydrogen-bond acceptors (Lipinski definition) is 7. The van der Waals surface area contributed by atoms with Gasteiger partial charge in [-0.3, -0.25) is 18.6 Å². The molecule has 0 amide bonds. The van der Waals surface area contributed by atoms with E-state index in [1.807, 2.05) is 21.1 Å². The van der Waals surface area contributed by atoms with E-state index >= 15 is 0 Å². The van der Waals surface area contributed by atoms with Gasteiger partial charge >= 0.3 is 19.8 Å². The maximum atomic E-state index is 12.7. The van der Waals surface area contributed by atoms with Gasteiger partial charge in [0.1, 0.15) is 19.8 Å². The van der Waals surface area contributed by atoms with E-state index in [9.17, 15) is 19.0 Å². The Labute approximate surface area is 370 Å². The van der Waals surface area contributed by atoms with Crippen LogP contribution in [-0.2, 0) is 32.7 Å². The van der Waals surface area contributed by atoms with Crippen LogP contribution in [0.1, 0.15) is 219 Å². The average Bonchev–Trinajstić information content (AvgIpc) is 3.20. The van der Waals surface area contributed by atoms with Crippen LogP contribution >= 0.6 is 7.82 Å². The number of carbonyl (C=O) groups excluding carboxylic acids is 2. The summed E-state index contributed by atoms with van der Waals surface area (Å²) in [7, 11) is 1.47. The second-order valence-corrected chi connectivity index (χ2v) is 19.3. The molecule has 0 aromatic heterocycles. The summed E-state index contributed by atoms with van der Waals surface area (Å²) < 4.78 is 34.4. The van der Waals surface area contributed by atoms with Crippen LogP contribution in [0, 0.1) is 0 Å². The van der Waals surface area contributed by atoms with Crippen molar-refractivity contribution in [1.82, 2.24) is 0 Å². The van der Waals surface area contributed by atoms with Gasteiger partial charge in [-0.15, -0.1) is 0 Å². The van der Waals surface area contributed by atoms with Crippen LogP contribution in [0.5, 0.6) is 0 Å². The number of phosphoric acid groups is 1. The Hall–Kier alpha value is -1.77. The molecule has 60 heavy (non-hydrogen) atoms. The van der Waals surface area contributed by atoms with Gasteiger partial charge in [-0.05, 0) is 44.9 Å². The number of esters is 2. The Morgan fingerprint density at radius 1 is 0.533 bits per heavy atom. The maximum Gasteiger partial charge on any atom is 0.472 e. The highest BCUT2D eigenvalue weighted by atomic mass is 31.2. The fourth-order valence-corrected chi connectivity index (χ4v) is 7.59. The van der Waals surface area contributed by atoms with Gasteiger partial charge in [-0.25, -0.2) is 4.57 Å². The Morgan fingerprint density at radius 3 is 1.42 bits per heavy atom. The lowest BCUT2D eigenvalue weighted by atomic mass is 10.0. The van der Waals surface area contributed by atoms with E-state index in [2.05, 4.69) is 50.3 Å². The van der Waals surface area contributed by atoms with Crippen molar-refractivity contribution in [3.8, 4) is 0 Å². The molecule has 0 saturated carbocycles. The number of carbonyl (C=O) groups is 2. The van der Waals surface area contributed by atoms with Gasteiger partial charge in [0.05, 0.1) is 27.7 Å². The first-order chi connectivity index (χ1) is 29.0. The first-order valence-electron chi connectivity index (χ1n) is 24.7. The predicted molar refractivity (Wildman–Crippen MR) is 252 cm³/mol. The average molecular weight is 869 g/mol. The van der Waals surface area contributed by atoms with Gasteiger partial charge in [-0.1, -0.05) is 198 Å². The minimum absolute atomic E-state index is 0.0304. The molecule has 0 heterocycles. The number of hydrogen-bond donors (Lipinski definition) is 1. The monoisotopic (exact) mass is 869 g/mol. The number of likely N-dealkylation sites (N-methyl/N-ethyl adjacent to an activating group) is 1. The zero-order valence-electron chi connectivity index (χ0n) is 39.7. The molecular weight excluding hydrogens is 774 g/mol. The molecule has 1 N–H and O–H groups in total. The molecule has 0 rings (SSSR count). The van der Waals surface area contributed by atoms with Crippen LogP contribution in [0.25, 0.3) is 0 Å². The summed E-state index contributed by atoms with van der Waals surface area (Å²) >= 11 is 0. The van der Waals surface area contributed by atoms with Gasteiger partial charge in [0.2, 0.25) is 0 Å². The molecule has 352 valence electrons. The zero-order chi connectivity index (χ0) is 44.3. The Kier molecular flexibility index (Phi) is 41.3. The summed E-state index contributed by atoms with van der Waals surface area (Å²) in [6, 6.07) is 0. The van der Waals surface area contributed by atoms with E-state index in [4.69, 9.17) is 18.5 Å². The van der Waals surface area contributed by atoms with Gasteiger partial charge < -0.3 is 18.9 Å².